The summed E-state index contributed by atoms with van der Waals surface area (Å²) in [7, 11) is 0. The van der Waals surface area contributed by atoms with Gasteiger partial charge in [0.05, 0.1) is 6.42 Å². The van der Waals surface area contributed by atoms with E-state index in [-0.39, 0.29) is 18.4 Å². The number of amides is 1. The zero-order chi connectivity index (χ0) is 12.9. The van der Waals surface area contributed by atoms with Gasteiger partial charge in [0.1, 0.15) is 0 Å². The number of thioether (sulfide) groups is 1. The van der Waals surface area contributed by atoms with Crippen LogP contribution in [-0.2, 0) is 4.79 Å². The molecule has 0 bridgehead atoms. The molecule has 7 heteroatoms. The van der Waals surface area contributed by atoms with Crippen LogP contribution in [0.25, 0.3) is 0 Å². The van der Waals surface area contributed by atoms with Crippen LogP contribution < -0.4 is 10.6 Å². The van der Waals surface area contributed by atoms with Gasteiger partial charge >= 0.3 is 6.18 Å². The van der Waals surface area contributed by atoms with Gasteiger partial charge in [0.25, 0.3) is 0 Å². The molecule has 0 aromatic rings. The van der Waals surface area contributed by atoms with E-state index in [0.29, 0.717) is 0 Å². The maximum Gasteiger partial charge on any atom is 0.391 e. The first-order valence-corrected chi connectivity index (χ1v) is 6.69. The summed E-state index contributed by atoms with van der Waals surface area (Å²) in [6, 6.07) is -0.786. The van der Waals surface area contributed by atoms with Gasteiger partial charge in [-0.25, -0.2) is 0 Å². The van der Waals surface area contributed by atoms with Crippen molar-refractivity contribution in [3.63, 3.8) is 0 Å². The van der Waals surface area contributed by atoms with Crippen LogP contribution in [0, 0.1) is 0 Å². The lowest BCUT2D eigenvalue weighted by Crippen LogP contribution is -2.43. The first-order valence-electron chi connectivity index (χ1n) is 5.54. The molecule has 1 aliphatic heterocycles. The normalized spacial score (nSPS) is 23.2. The Bertz CT molecular complexity index is 254. The summed E-state index contributed by atoms with van der Waals surface area (Å²) in [4.78, 5) is 11.5. The first kappa shape index (κ1) is 14.6. The fourth-order valence-electron chi connectivity index (χ4n) is 1.71. The van der Waals surface area contributed by atoms with Gasteiger partial charge in [0.2, 0.25) is 5.91 Å². The molecule has 2 unspecified atom stereocenters. The number of nitrogens with one attached hydrogen (secondary N) is 2. The predicted octanol–water partition coefficient (Wildman–Crippen LogP) is 1.54. The number of halogens is 3. The van der Waals surface area contributed by atoms with Crippen LogP contribution in [0.4, 0.5) is 13.2 Å². The van der Waals surface area contributed by atoms with Crippen LogP contribution in [-0.4, -0.2) is 42.2 Å². The number of alkyl halides is 3. The lowest BCUT2D eigenvalue weighted by Gasteiger charge is -2.23. The molecule has 0 spiro atoms. The monoisotopic (exact) mass is 270 g/mol. The summed E-state index contributed by atoms with van der Waals surface area (Å²) in [5.41, 5.74) is 0. The van der Waals surface area contributed by atoms with Crippen molar-refractivity contribution in [2.24, 2.45) is 0 Å². The van der Waals surface area contributed by atoms with Gasteiger partial charge in [-0.3, -0.25) is 4.79 Å². The molecule has 3 nitrogen and oxygen atoms in total. The molecule has 0 radical (unpaired) electrons. The SMILES string of the molecule is CC(CC(F)(F)F)NC(=O)CC1CSCCN1. The van der Waals surface area contributed by atoms with Crippen molar-refractivity contribution in [1.82, 2.24) is 10.6 Å². The van der Waals surface area contributed by atoms with Gasteiger partial charge < -0.3 is 10.6 Å². The predicted molar refractivity (Wildman–Crippen MR) is 62.0 cm³/mol. The quantitative estimate of drug-likeness (QED) is 0.814. The van der Waals surface area contributed by atoms with E-state index in [9.17, 15) is 18.0 Å². The number of hydrogen-bond acceptors (Lipinski definition) is 3. The smallest absolute Gasteiger partial charge is 0.353 e. The number of rotatable bonds is 4. The molecule has 1 rings (SSSR count). The van der Waals surface area contributed by atoms with Crippen molar-refractivity contribution < 1.29 is 18.0 Å². The summed E-state index contributed by atoms with van der Waals surface area (Å²) >= 11 is 1.75. The van der Waals surface area contributed by atoms with E-state index < -0.39 is 18.6 Å². The molecule has 1 aliphatic rings. The molecular formula is C10H17F3N2OS. The van der Waals surface area contributed by atoms with E-state index in [0.717, 1.165) is 18.1 Å². The Kier molecular flexibility index (Phi) is 5.58. The van der Waals surface area contributed by atoms with Crippen LogP contribution in [0.5, 0.6) is 0 Å². The zero-order valence-corrected chi connectivity index (χ0v) is 10.5. The molecule has 1 heterocycles. The Hall–Kier alpha value is -0.430. The highest BCUT2D eigenvalue weighted by atomic mass is 32.2. The molecule has 17 heavy (non-hydrogen) atoms. The van der Waals surface area contributed by atoms with Crippen molar-refractivity contribution in [3.8, 4) is 0 Å². The van der Waals surface area contributed by atoms with Crippen LogP contribution in [0.3, 0.4) is 0 Å². The third-order valence-corrected chi connectivity index (χ3v) is 3.51. The number of carbonyl (C=O) groups is 1. The third-order valence-electron chi connectivity index (χ3n) is 2.38. The first-order chi connectivity index (χ1) is 7.87. The Morgan fingerprint density at radius 1 is 1.59 bits per heavy atom. The van der Waals surface area contributed by atoms with E-state index in [4.69, 9.17) is 0 Å². The summed E-state index contributed by atoms with van der Waals surface area (Å²) in [6.45, 7) is 2.22. The molecule has 0 aliphatic carbocycles. The van der Waals surface area contributed by atoms with E-state index >= 15 is 0 Å². The molecule has 100 valence electrons. The minimum atomic E-state index is -4.23. The van der Waals surface area contributed by atoms with Crippen molar-refractivity contribution in [3.05, 3.63) is 0 Å². The van der Waals surface area contributed by atoms with Gasteiger partial charge in [0, 0.05) is 36.6 Å². The minimum Gasteiger partial charge on any atom is -0.353 e. The van der Waals surface area contributed by atoms with Crippen molar-refractivity contribution in [1.29, 1.82) is 0 Å². The average Bonchev–Trinajstić information content (AvgIpc) is 2.15. The fraction of sp³-hybridized carbons (Fsp3) is 0.900. The lowest BCUT2D eigenvalue weighted by atomic mass is 10.2. The highest BCUT2D eigenvalue weighted by Crippen LogP contribution is 2.21. The molecule has 0 aromatic carbocycles. The topological polar surface area (TPSA) is 41.1 Å². The van der Waals surface area contributed by atoms with Crippen molar-refractivity contribution in [2.75, 3.05) is 18.1 Å². The van der Waals surface area contributed by atoms with Gasteiger partial charge in [0.15, 0.2) is 0 Å². The summed E-state index contributed by atoms with van der Waals surface area (Å²) < 4.78 is 36.1. The van der Waals surface area contributed by atoms with E-state index in [1.807, 2.05) is 0 Å². The van der Waals surface area contributed by atoms with Gasteiger partial charge in [-0.15, -0.1) is 0 Å². The van der Waals surface area contributed by atoms with Crippen LogP contribution >= 0.6 is 11.8 Å². The molecule has 2 atom stereocenters. The Balaban J connectivity index is 2.23. The third kappa shape index (κ3) is 6.78. The molecule has 0 saturated carbocycles. The van der Waals surface area contributed by atoms with E-state index in [1.165, 1.54) is 6.92 Å². The van der Waals surface area contributed by atoms with Crippen LogP contribution in [0.1, 0.15) is 19.8 Å². The number of carbonyl (C=O) groups excluding carboxylic acids is 1. The summed E-state index contributed by atoms with van der Waals surface area (Å²) in [5.74, 6) is 1.53. The van der Waals surface area contributed by atoms with E-state index in [1.54, 1.807) is 11.8 Å². The molecule has 1 amide bonds. The molecular weight excluding hydrogens is 253 g/mol. The van der Waals surface area contributed by atoms with Gasteiger partial charge in [-0.2, -0.15) is 24.9 Å². The lowest BCUT2D eigenvalue weighted by molar-refractivity contribution is -0.141. The highest BCUT2D eigenvalue weighted by molar-refractivity contribution is 7.99. The summed E-state index contributed by atoms with van der Waals surface area (Å²) in [6.07, 6.45) is -4.97. The second-order valence-electron chi connectivity index (χ2n) is 4.22. The van der Waals surface area contributed by atoms with Crippen LogP contribution in [0.2, 0.25) is 0 Å². The van der Waals surface area contributed by atoms with Crippen LogP contribution in [0.15, 0.2) is 0 Å². The Morgan fingerprint density at radius 2 is 2.29 bits per heavy atom. The summed E-state index contributed by atoms with van der Waals surface area (Å²) in [5, 5.41) is 5.54. The largest absolute Gasteiger partial charge is 0.391 e. The molecule has 1 fully saturated rings. The number of hydrogen-bond donors (Lipinski definition) is 2. The standard InChI is InChI=1S/C10H17F3N2OS/c1-7(5-10(11,12)13)15-9(16)4-8-6-17-3-2-14-8/h7-8,14H,2-6H2,1H3,(H,15,16). The maximum absolute atomic E-state index is 12.0. The highest BCUT2D eigenvalue weighted by Gasteiger charge is 2.30. The molecule has 2 N–H and O–H groups in total. The van der Waals surface area contributed by atoms with Crippen molar-refractivity contribution in [2.45, 2.75) is 38.0 Å². The molecule has 0 aromatic heterocycles. The molecule has 1 saturated heterocycles. The second kappa shape index (κ2) is 6.49. The fourth-order valence-corrected chi connectivity index (χ4v) is 2.66. The maximum atomic E-state index is 12.0. The van der Waals surface area contributed by atoms with Gasteiger partial charge in [-0.05, 0) is 6.92 Å². The second-order valence-corrected chi connectivity index (χ2v) is 5.37. The Morgan fingerprint density at radius 3 is 2.82 bits per heavy atom. The van der Waals surface area contributed by atoms with E-state index in [2.05, 4.69) is 10.6 Å². The van der Waals surface area contributed by atoms with Gasteiger partial charge in [-0.1, -0.05) is 0 Å². The average molecular weight is 270 g/mol. The van der Waals surface area contributed by atoms with Crippen molar-refractivity contribution >= 4 is 17.7 Å². The zero-order valence-electron chi connectivity index (χ0n) is 9.64. The minimum absolute atomic E-state index is 0.0758. The Labute approximate surface area is 103 Å².